The third-order valence-electron chi connectivity index (χ3n) is 2.12. The molecule has 0 fully saturated rings. The van der Waals surface area contributed by atoms with Gasteiger partial charge in [-0.05, 0) is 24.5 Å². The highest BCUT2D eigenvalue weighted by atomic mass is 32.2. The number of anilines is 2. The van der Waals surface area contributed by atoms with Crippen molar-refractivity contribution in [3.8, 4) is 6.07 Å². The van der Waals surface area contributed by atoms with E-state index in [2.05, 4.69) is 15.3 Å². The van der Waals surface area contributed by atoms with Crippen LogP contribution in [0.2, 0.25) is 0 Å². The molecule has 0 bridgehead atoms. The summed E-state index contributed by atoms with van der Waals surface area (Å²) >= 11 is 1.64. The second-order valence-corrected chi connectivity index (χ2v) is 4.05. The van der Waals surface area contributed by atoms with Gasteiger partial charge in [0.05, 0.1) is 5.69 Å². The zero-order valence-corrected chi connectivity index (χ0v) is 10.0. The van der Waals surface area contributed by atoms with Crippen LogP contribution in [0, 0.1) is 11.3 Å². The van der Waals surface area contributed by atoms with Crippen LogP contribution in [-0.4, -0.2) is 16.2 Å². The van der Waals surface area contributed by atoms with Crippen LogP contribution in [-0.2, 0) is 0 Å². The molecule has 1 heterocycles. The normalized spacial score (nSPS) is 9.65. The van der Waals surface area contributed by atoms with Gasteiger partial charge in [0, 0.05) is 11.1 Å². The number of hydrogen-bond donors (Lipinski definition) is 1. The fraction of sp³-hybridized carbons (Fsp3) is 0.0833. The van der Waals surface area contributed by atoms with Crippen molar-refractivity contribution in [2.75, 3.05) is 11.6 Å². The van der Waals surface area contributed by atoms with Gasteiger partial charge in [-0.3, -0.25) is 0 Å². The molecule has 4 nitrogen and oxygen atoms in total. The summed E-state index contributed by atoms with van der Waals surface area (Å²) in [4.78, 5) is 9.25. The Balaban J connectivity index is 2.28. The molecule has 2 rings (SSSR count). The van der Waals surface area contributed by atoms with Crippen LogP contribution in [0.5, 0.6) is 0 Å². The van der Waals surface area contributed by atoms with Crippen LogP contribution in [0.25, 0.3) is 0 Å². The first-order valence-electron chi connectivity index (χ1n) is 4.96. The van der Waals surface area contributed by atoms with Gasteiger partial charge in [0.2, 0.25) is 5.95 Å². The number of benzene rings is 1. The predicted molar refractivity (Wildman–Crippen MR) is 68.3 cm³/mol. The van der Waals surface area contributed by atoms with E-state index >= 15 is 0 Å². The van der Waals surface area contributed by atoms with Crippen LogP contribution in [0.4, 0.5) is 11.6 Å². The van der Waals surface area contributed by atoms with E-state index in [1.165, 1.54) is 0 Å². The second-order valence-electron chi connectivity index (χ2n) is 3.20. The van der Waals surface area contributed by atoms with E-state index in [0.29, 0.717) is 11.6 Å². The predicted octanol–water partition coefficient (Wildman–Crippen LogP) is 2.81. The second kappa shape index (κ2) is 5.32. The van der Waals surface area contributed by atoms with Gasteiger partial charge in [-0.1, -0.05) is 12.1 Å². The minimum atomic E-state index is 0.351. The van der Waals surface area contributed by atoms with Gasteiger partial charge in [0.25, 0.3) is 0 Å². The monoisotopic (exact) mass is 242 g/mol. The number of nitriles is 1. The number of nitrogens with zero attached hydrogens (tertiary/aromatic N) is 3. The molecule has 0 saturated carbocycles. The van der Waals surface area contributed by atoms with E-state index < -0.39 is 0 Å². The lowest BCUT2D eigenvalue weighted by molar-refractivity contribution is 1.13. The van der Waals surface area contributed by atoms with Crippen molar-refractivity contribution in [3.63, 3.8) is 0 Å². The highest BCUT2D eigenvalue weighted by Crippen LogP contribution is 2.26. The zero-order chi connectivity index (χ0) is 12.1. The van der Waals surface area contributed by atoms with Crippen molar-refractivity contribution in [2.45, 2.75) is 4.90 Å². The Morgan fingerprint density at radius 1 is 1.29 bits per heavy atom. The molecule has 1 aromatic carbocycles. The Kier molecular flexibility index (Phi) is 3.58. The van der Waals surface area contributed by atoms with Gasteiger partial charge in [-0.2, -0.15) is 5.26 Å². The van der Waals surface area contributed by atoms with Gasteiger partial charge >= 0.3 is 0 Å². The largest absolute Gasteiger partial charge is 0.323 e. The van der Waals surface area contributed by atoms with Crippen LogP contribution in [0.15, 0.2) is 41.4 Å². The van der Waals surface area contributed by atoms with E-state index in [0.717, 1.165) is 10.6 Å². The fourth-order valence-electron chi connectivity index (χ4n) is 1.35. The highest BCUT2D eigenvalue weighted by molar-refractivity contribution is 7.98. The SMILES string of the molecule is CSc1ccccc1Nc1nccc(C#N)n1. The van der Waals surface area contributed by atoms with E-state index in [1.54, 1.807) is 24.0 Å². The molecule has 0 aliphatic heterocycles. The Labute approximate surface area is 104 Å². The quantitative estimate of drug-likeness (QED) is 0.838. The number of thioether (sulfide) groups is 1. The molecule has 1 N–H and O–H groups in total. The fourth-order valence-corrected chi connectivity index (χ4v) is 1.90. The number of hydrogen-bond acceptors (Lipinski definition) is 5. The van der Waals surface area contributed by atoms with Crippen molar-refractivity contribution < 1.29 is 0 Å². The minimum absolute atomic E-state index is 0.351. The number of para-hydroxylation sites is 1. The van der Waals surface area contributed by atoms with E-state index in [1.807, 2.05) is 36.6 Å². The van der Waals surface area contributed by atoms with E-state index in [-0.39, 0.29) is 0 Å². The first-order chi connectivity index (χ1) is 8.33. The number of rotatable bonds is 3. The van der Waals surface area contributed by atoms with Gasteiger partial charge in [0.1, 0.15) is 11.8 Å². The molecule has 1 aromatic heterocycles. The number of nitrogens with one attached hydrogen (secondary N) is 1. The number of aromatic nitrogens is 2. The van der Waals surface area contributed by atoms with Gasteiger partial charge in [-0.15, -0.1) is 11.8 Å². The maximum absolute atomic E-state index is 8.76. The zero-order valence-electron chi connectivity index (χ0n) is 9.21. The van der Waals surface area contributed by atoms with Crippen molar-refractivity contribution in [2.24, 2.45) is 0 Å². The molecule has 0 radical (unpaired) electrons. The summed E-state index contributed by atoms with van der Waals surface area (Å²) in [6.07, 6.45) is 3.57. The lowest BCUT2D eigenvalue weighted by Gasteiger charge is -2.08. The Morgan fingerprint density at radius 2 is 2.12 bits per heavy atom. The minimum Gasteiger partial charge on any atom is -0.323 e. The molecule has 5 heteroatoms. The summed E-state index contributed by atoms with van der Waals surface area (Å²) in [5, 5.41) is 11.9. The Morgan fingerprint density at radius 3 is 2.88 bits per heavy atom. The first kappa shape index (κ1) is 11.4. The maximum atomic E-state index is 8.76. The maximum Gasteiger partial charge on any atom is 0.228 e. The summed E-state index contributed by atoms with van der Waals surface area (Å²) < 4.78 is 0. The first-order valence-corrected chi connectivity index (χ1v) is 6.19. The molecule has 0 unspecified atom stereocenters. The van der Waals surface area contributed by atoms with Crippen molar-refractivity contribution in [1.29, 1.82) is 5.26 Å². The molecular weight excluding hydrogens is 232 g/mol. The topological polar surface area (TPSA) is 61.6 Å². The third kappa shape index (κ3) is 2.74. The molecule has 0 spiro atoms. The van der Waals surface area contributed by atoms with Crippen LogP contribution in [0.3, 0.4) is 0 Å². The van der Waals surface area contributed by atoms with E-state index in [9.17, 15) is 0 Å². The molecular formula is C12H10N4S. The molecule has 84 valence electrons. The summed E-state index contributed by atoms with van der Waals surface area (Å²) in [6.45, 7) is 0. The molecule has 0 aliphatic carbocycles. The smallest absolute Gasteiger partial charge is 0.228 e. The van der Waals surface area contributed by atoms with Crippen LogP contribution >= 0.6 is 11.8 Å². The molecule has 0 amide bonds. The molecule has 0 aliphatic rings. The third-order valence-corrected chi connectivity index (χ3v) is 2.92. The van der Waals surface area contributed by atoms with Gasteiger partial charge in [0.15, 0.2) is 0 Å². The molecule has 2 aromatic rings. The average molecular weight is 242 g/mol. The summed E-state index contributed by atoms with van der Waals surface area (Å²) in [7, 11) is 0. The van der Waals surface area contributed by atoms with Gasteiger partial charge < -0.3 is 5.32 Å². The standard InChI is InChI=1S/C12H10N4S/c1-17-11-5-3-2-4-10(11)16-12-14-7-6-9(8-13)15-12/h2-7H,1H3,(H,14,15,16). The Bertz CT molecular complexity index is 562. The van der Waals surface area contributed by atoms with Gasteiger partial charge in [-0.25, -0.2) is 9.97 Å². The highest BCUT2D eigenvalue weighted by Gasteiger charge is 2.03. The van der Waals surface area contributed by atoms with E-state index in [4.69, 9.17) is 5.26 Å². The van der Waals surface area contributed by atoms with Crippen LogP contribution < -0.4 is 5.32 Å². The van der Waals surface area contributed by atoms with Crippen molar-refractivity contribution >= 4 is 23.4 Å². The Hall–Kier alpha value is -2.06. The lowest BCUT2D eigenvalue weighted by Crippen LogP contribution is -1.98. The summed E-state index contributed by atoms with van der Waals surface area (Å²) in [5.74, 6) is 0.436. The van der Waals surface area contributed by atoms with Crippen molar-refractivity contribution in [1.82, 2.24) is 9.97 Å². The average Bonchev–Trinajstić information content (AvgIpc) is 2.39. The van der Waals surface area contributed by atoms with Crippen molar-refractivity contribution in [3.05, 3.63) is 42.2 Å². The molecule has 0 saturated heterocycles. The summed E-state index contributed by atoms with van der Waals surface area (Å²) in [6, 6.07) is 11.4. The van der Waals surface area contributed by atoms with Crippen LogP contribution in [0.1, 0.15) is 5.69 Å². The lowest BCUT2D eigenvalue weighted by atomic mass is 10.3. The molecule has 0 atom stereocenters. The molecule has 17 heavy (non-hydrogen) atoms. The summed E-state index contributed by atoms with van der Waals surface area (Å²) in [5.41, 5.74) is 1.29.